The van der Waals surface area contributed by atoms with Crippen LogP contribution in [0.1, 0.15) is 23.6 Å². The third-order valence-electron chi connectivity index (χ3n) is 4.97. The minimum atomic E-state index is -4.83. The lowest BCUT2D eigenvalue weighted by molar-refractivity contribution is -0.274. The van der Waals surface area contributed by atoms with Crippen LogP contribution in [0.2, 0.25) is 0 Å². The third-order valence-corrected chi connectivity index (χ3v) is 4.97. The van der Waals surface area contributed by atoms with Gasteiger partial charge < -0.3 is 14.6 Å². The molecule has 1 N–H and O–H groups in total. The predicted molar refractivity (Wildman–Crippen MR) is 124 cm³/mol. The van der Waals surface area contributed by atoms with Gasteiger partial charge in [-0.05, 0) is 60.9 Å². The molecule has 34 heavy (non-hydrogen) atoms. The molecule has 0 saturated carbocycles. The van der Waals surface area contributed by atoms with Gasteiger partial charge in [0, 0.05) is 18.8 Å². The van der Waals surface area contributed by atoms with E-state index in [1.807, 2.05) is 32.0 Å². The van der Waals surface area contributed by atoms with Gasteiger partial charge in [0.15, 0.2) is 5.84 Å². The number of hydrogen-bond donors (Lipinski definition) is 1. The van der Waals surface area contributed by atoms with Crippen molar-refractivity contribution in [3.8, 4) is 5.75 Å². The van der Waals surface area contributed by atoms with Crippen molar-refractivity contribution in [3.05, 3.63) is 87.8 Å². The fraction of sp³-hybridized carbons (Fsp3) is 0.208. The highest BCUT2D eigenvalue weighted by Gasteiger charge is 2.31. The number of amidine groups is 1. The Morgan fingerprint density at radius 2 is 1.88 bits per heavy atom. The number of hydrogen-bond acceptors (Lipinski definition) is 4. The number of benzene rings is 2. The van der Waals surface area contributed by atoms with Crippen molar-refractivity contribution in [1.82, 2.24) is 4.57 Å². The topological polar surface area (TPSA) is 75.9 Å². The second-order valence-electron chi connectivity index (χ2n) is 7.41. The van der Waals surface area contributed by atoms with Crippen LogP contribution in [0.25, 0.3) is 0 Å². The molecule has 1 amide bonds. The summed E-state index contributed by atoms with van der Waals surface area (Å²) >= 11 is 0. The van der Waals surface area contributed by atoms with Gasteiger partial charge in [-0.3, -0.25) is 9.59 Å². The zero-order valence-corrected chi connectivity index (χ0v) is 18.8. The van der Waals surface area contributed by atoms with E-state index in [2.05, 4.69) is 15.2 Å². The van der Waals surface area contributed by atoms with E-state index >= 15 is 0 Å². The van der Waals surface area contributed by atoms with Gasteiger partial charge in [0.25, 0.3) is 5.56 Å². The number of aryl methyl sites for hydroxylation is 3. The quantitative estimate of drug-likeness (QED) is 0.236. The van der Waals surface area contributed by atoms with Gasteiger partial charge in [-0.15, -0.1) is 18.3 Å². The SMILES string of the molecule is CCc1ccc(/C(=N\N(C=O)c2ccc(OC(F)(F)F)cc2)Nc2cccn(C)c2=O)c(C)c1. The van der Waals surface area contributed by atoms with E-state index in [9.17, 15) is 22.8 Å². The first-order valence-electron chi connectivity index (χ1n) is 10.3. The Kier molecular flexibility index (Phi) is 7.40. The molecule has 0 unspecified atom stereocenters. The molecule has 7 nitrogen and oxygen atoms in total. The molecule has 0 bridgehead atoms. The average Bonchev–Trinajstić information content (AvgIpc) is 2.79. The summed E-state index contributed by atoms with van der Waals surface area (Å²) in [6.45, 7) is 3.90. The summed E-state index contributed by atoms with van der Waals surface area (Å²) in [5, 5.41) is 8.34. The maximum atomic E-state index is 12.6. The van der Waals surface area contributed by atoms with Crippen LogP contribution in [0.15, 0.2) is 70.7 Å². The van der Waals surface area contributed by atoms with Crippen LogP contribution in [0.4, 0.5) is 24.5 Å². The molecular formula is C24H23F3N4O3. The van der Waals surface area contributed by atoms with Crippen LogP contribution < -0.4 is 20.6 Å². The Hall–Kier alpha value is -4.08. The van der Waals surface area contributed by atoms with E-state index in [1.165, 1.54) is 16.7 Å². The Bertz CT molecular complexity index is 1250. The number of anilines is 2. The molecule has 0 spiro atoms. The van der Waals surface area contributed by atoms with Gasteiger partial charge >= 0.3 is 6.36 Å². The van der Waals surface area contributed by atoms with Crippen molar-refractivity contribution in [2.75, 3.05) is 10.3 Å². The van der Waals surface area contributed by atoms with E-state index in [-0.39, 0.29) is 22.8 Å². The standard InChI is InChI=1S/C24H23F3N4O3/c1-4-17-7-12-20(16(2)14-17)22(28-21-6-5-13-30(3)23(21)33)29-31(15-32)18-8-10-19(11-9-18)34-24(25,26)27/h5-15H,4H2,1-3H3,(H,28,29). The number of hydrazone groups is 1. The first-order valence-corrected chi connectivity index (χ1v) is 10.3. The highest BCUT2D eigenvalue weighted by atomic mass is 19.4. The first kappa shape index (κ1) is 24.6. The Morgan fingerprint density at radius 1 is 1.18 bits per heavy atom. The maximum absolute atomic E-state index is 12.6. The fourth-order valence-corrected chi connectivity index (χ4v) is 3.23. The zero-order valence-electron chi connectivity index (χ0n) is 18.8. The number of amides is 1. The van der Waals surface area contributed by atoms with Gasteiger partial charge in [0.05, 0.1) is 5.69 Å². The van der Waals surface area contributed by atoms with Crippen molar-refractivity contribution in [3.63, 3.8) is 0 Å². The van der Waals surface area contributed by atoms with Crippen LogP contribution in [-0.4, -0.2) is 23.2 Å². The molecule has 10 heteroatoms. The molecule has 0 aliphatic rings. The average molecular weight is 472 g/mol. The van der Waals surface area contributed by atoms with Gasteiger partial charge in [-0.1, -0.05) is 25.1 Å². The fourth-order valence-electron chi connectivity index (χ4n) is 3.23. The van der Waals surface area contributed by atoms with Crippen molar-refractivity contribution >= 4 is 23.6 Å². The number of ether oxygens (including phenoxy) is 1. The molecule has 0 aliphatic heterocycles. The molecule has 0 atom stereocenters. The lowest BCUT2D eigenvalue weighted by Gasteiger charge is -2.18. The number of alkyl halides is 3. The van der Waals surface area contributed by atoms with E-state index in [1.54, 1.807) is 25.4 Å². The summed E-state index contributed by atoms with van der Waals surface area (Å²) in [5.41, 5.74) is 2.74. The Labute approximate surface area is 194 Å². The third kappa shape index (κ3) is 6.03. The molecule has 2 aromatic carbocycles. The molecule has 0 saturated heterocycles. The van der Waals surface area contributed by atoms with Crippen LogP contribution in [0, 0.1) is 6.92 Å². The summed E-state index contributed by atoms with van der Waals surface area (Å²) in [6, 6.07) is 13.7. The predicted octanol–water partition coefficient (Wildman–Crippen LogP) is 4.59. The van der Waals surface area contributed by atoms with Crippen LogP contribution >= 0.6 is 0 Å². The maximum Gasteiger partial charge on any atom is 0.573 e. The van der Waals surface area contributed by atoms with Crippen molar-refractivity contribution in [1.29, 1.82) is 0 Å². The summed E-state index contributed by atoms with van der Waals surface area (Å²) in [7, 11) is 1.61. The van der Waals surface area contributed by atoms with Crippen LogP contribution in [-0.2, 0) is 18.3 Å². The number of halogens is 3. The molecule has 0 radical (unpaired) electrons. The number of rotatable bonds is 7. The molecule has 3 rings (SSSR count). The molecule has 0 aliphatic carbocycles. The second-order valence-corrected chi connectivity index (χ2v) is 7.41. The number of carbonyl (C=O) groups excluding carboxylic acids is 1. The minimum Gasteiger partial charge on any atom is -0.406 e. The first-order chi connectivity index (χ1) is 16.1. The minimum absolute atomic E-state index is 0.202. The molecule has 1 aromatic heterocycles. The van der Waals surface area contributed by atoms with Crippen molar-refractivity contribution in [2.45, 2.75) is 26.6 Å². The van der Waals surface area contributed by atoms with E-state index in [4.69, 9.17) is 0 Å². The molecular weight excluding hydrogens is 449 g/mol. The van der Waals surface area contributed by atoms with Gasteiger partial charge in [-0.2, -0.15) is 0 Å². The number of nitrogens with one attached hydrogen (secondary N) is 1. The van der Waals surface area contributed by atoms with Gasteiger partial charge in [0.2, 0.25) is 6.41 Å². The van der Waals surface area contributed by atoms with Crippen LogP contribution in [0.3, 0.4) is 0 Å². The normalized spacial score (nSPS) is 11.8. The largest absolute Gasteiger partial charge is 0.573 e. The lowest BCUT2D eigenvalue weighted by Crippen LogP contribution is -2.27. The number of aromatic nitrogens is 1. The Morgan fingerprint density at radius 3 is 2.47 bits per heavy atom. The lowest BCUT2D eigenvalue weighted by atomic mass is 10.0. The second kappa shape index (κ2) is 10.2. The molecule has 3 aromatic rings. The van der Waals surface area contributed by atoms with Crippen molar-refractivity contribution in [2.24, 2.45) is 12.1 Å². The number of pyridine rings is 1. The Balaban J connectivity index is 2.05. The summed E-state index contributed by atoms with van der Waals surface area (Å²) in [5.74, 6) is -0.214. The van der Waals surface area contributed by atoms with Gasteiger partial charge in [0.1, 0.15) is 11.4 Å². The monoisotopic (exact) mass is 472 g/mol. The highest BCUT2D eigenvalue weighted by molar-refractivity contribution is 6.10. The smallest absolute Gasteiger partial charge is 0.406 e. The van der Waals surface area contributed by atoms with E-state index in [0.717, 1.165) is 34.7 Å². The molecule has 1 heterocycles. The van der Waals surface area contributed by atoms with E-state index in [0.29, 0.717) is 12.0 Å². The molecule has 0 fully saturated rings. The summed E-state index contributed by atoms with van der Waals surface area (Å²) in [6.07, 6.45) is -1.98. The highest BCUT2D eigenvalue weighted by Crippen LogP contribution is 2.25. The number of nitrogens with zero attached hydrogens (tertiary/aromatic N) is 3. The van der Waals surface area contributed by atoms with Gasteiger partial charge in [-0.25, -0.2) is 5.01 Å². The molecule has 178 valence electrons. The summed E-state index contributed by atoms with van der Waals surface area (Å²) in [4.78, 5) is 24.4. The van der Waals surface area contributed by atoms with Crippen LogP contribution in [0.5, 0.6) is 5.75 Å². The number of carbonyl (C=O) groups is 1. The van der Waals surface area contributed by atoms with E-state index < -0.39 is 12.1 Å². The van der Waals surface area contributed by atoms with Crippen molar-refractivity contribution < 1.29 is 22.7 Å². The summed E-state index contributed by atoms with van der Waals surface area (Å²) < 4.78 is 42.6. The zero-order chi connectivity index (χ0) is 24.9.